The summed E-state index contributed by atoms with van der Waals surface area (Å²) in [6, 6.07) is 0.0521. The van der Waals surface area contributed by atoms with E-state index in [-0.39, 0.29) is 42.2 Å². The Hall–Kier alpha value is -0.360. The summed E-state index contributed by atoms with van der Waals surface area (Å²) in [7, 11) is 0. The largest absolute Gasteiger partial charge is 0.346 e. The third-order valence-corrected chi connectivity index (χ3v) is 4.50. The third kappa shape index (κ3) is 4.58. The van der Waals surface area contributed by atoms with Gasteiger partial charge in [0.2, 0.25) is 5.91 Å². The number of aromatic nitrogens is 1. The van der Waals surface area contributed by atoms with Gasteiger partial charge >= 0.3 is 0 Å². The van der Waals surface area contributed by atoms with E-state index < -0.39 is 0 Å². The number of carbonyl (C=O) groups excluding carboxylic acids is 1. The van der Waals surface area contributed by atoms with E-state index in [0.717, 1.165) is 37.4 Å². The lowest BCUT2D eigenvalue weighted by Crippen LogP contribution is -2.49. The molecule has 0 saturated carbocycles. The Morgan fingerprint density at radius 3 is 2.85 bits per heavy atom. The first-order valence-electron chi connectivity index (χ1n) is 6.57. The molecule has 1 aliphatic heterocycles. The Morgan fingerprint density at radius 1 is 1.60 bits per heavy atom. The van der Waals surface area contributed by atoms with E-state index >= 15 is 0 Å². The minimum atomic E-state index is -0.275. The average Bonchev–Trinajstić information content (AvgIpc) is 2.90. The molecule has 0 spiro atoms. The van der Waals surface area contributed by atoms with Gasteiger partial charge in [0.15, 0.2) is 0 Å². The van der Waals surface area contributed by atoms with Gasteiger partial charge in [-0.1, -0.05) is 6.92 Å². The smallest absolute Gasteiger partial charge is 0.227 e. The van der Waals surface area contributed by atoms with Gasteiger partial charge in [-0.15, -0.1) is 36.2 Å². The molecule has 1 amide bonds. The summed E-state index contributed by atoms with van der Waals surface area (Å²) in [5.41, 5.74) is -0.275. The molecule has 116 valence electrons. The third-order valence-electron chi connectivity index (χ3n) is 3.61. The number of halogens is 2. The van der Waals surface area contributed by atoms with Crippen molar-refractivity contribution in [3.05, 3.63) is 16.6 Å². The number of rotatable bonds is 4. The lowest BCUT2D eigenvalue weighted by atomic mass is 9.81. The maximum atomic E-state index is 12.4. The molecular weight excluding hydrogens is 317 g/mol. The molecule has 0 aliphatic carbocycles. The summed E-state index contributed by atoms with van der Waals surface area (Å²) in [4.78, 5) is 16.7. The molecule has 1 aliphatic rings. The predicted octanol–water partition coefficient (Wildman–Crippen LogP) is 2.94. The highest BCUT2D eigenvalue weighted by molar-refractivity contribution is 7.09. The molecule has 1 aromatic heterocycles. The number of nitrogens with zero attached hydrogens (tertiary/aromatic N) is 1. The Labute approximate surface area is 137 Å². The summed E-state index contributed by atoms with van der Waals surface area (Å²) in [5.74, 6) is 0.150. The average molecular weight is 340 g/mol. The molecule has 20 heavy (non-hydrogen) atoms. The molecule has 7 heteroatoms. The van der Waals surface area contributed by atoms with E-state index in [2.05, 4.69) is 22.5 Å². The molecule has 1 fully saturated rings. The number of hydrogen-bond donors (Lipinski definition) is 2. The molecule has 1 aromatic rings. The fourth-order valence-corrected chi connectivity index (χ4v) is 3.10. The van der Waals surface area contributed by atoms with Crippen LogP contribution in [0.2, 0.25) is 0 Å². The van der Waals surface area contributed by atoms with Crippen LogP contribution in [0.25, 0.3) is 0 Å². The lowest BCUT2D eigenvalue weighted by molar-refractivity contribution is -0.131. The normalized spacial score (nSPS) is 23.1. The van der Waals surface area contributed by atoms with Crippen LogP contribution in [-0.4, -0.2) is 24.0 Å². The zero-order valence-electron chi connectivity index (χ0n) is 11.8. The van der Waals surface area contributed by atoms with Crippen LogP contribution >= 0.6 is 36.2 Å². The molecular formula is C13H23Cl2N3OS. The molecule has 2 N–H and O–H groups in total. The SMILES string of the molecule is CCC(NC(=O)C1(C)CCCNC1)c1nccs1.Cl.Cl. The van der Waals surface area contributed by atoms with Crippen LogP contribution in [0.5, 0.6) is 0 Å². The van der Waals surface area contributed by atoms with Crippen molar-refractivity contribution in [3.63, 3.8) is 0 Å². The first-order valence-corrected chi connectivity index (χ1v) is 7.45. The lowest BCUT2D eigenvalue weighted by Gasteiger charge is -2.33. The number of hydrogen-bond acceptors (Lipinski definition) is 4. The van der Waals surface area contributed by atoms with E-state index in [0.29, 0.717) is 0 Å². The number of piperidine rings is 1. The second kappa shape index (κ2) is 8.82. The Bertz CT molecular complexity index is 394. The Morgan fingerprint density at radius 2 is 2.35 bits per heavy atom. The highest BCUT2D eigenvalue weighted by atomic mass is 35.5. The maximum Gasteiger partial charge on any atom is 0.227 e. The zero-order valence-corrected chi connectivity index (χ0v) is 14.3. The second-order valence-electron chi connectivity index (χ2n) is 5.15. The molecule has 2 unspecified atom stereocenters. The number of amides is 1. The molecule has 0 radical (unpaired) electrons. The number of carbonyl (C=O) groups is 1. The van der Waals surface area contributed by atoms with Crippen molar-refractivity contribution in [2.24, 2.45) is 5.41 Å². The monoisotopic (exact) mass is 339 g/mol. The van der Waals surface area contributed by atoms with Crippen LogP contribution in [0.1, 0.15) is 44.2 Å². The van der Waals surface area contributed by atoms with Crippen LogP contribution < -0.4 is 10.6 Å². The molecule has 0 aromatic carbocycles. The summed E-state index contributed by atoms with van der Waals surface area (Å²) < 4.78 is 0. The quantitative estimate of drug-likeness (QED) is 0.886. The van der Waals surface area contributed by atoms with Gasteiger partial charge in [-0.3, -0.25) is 4.79 Å². The first-order chi connectivity index (χ1) is 8.65. The van der Waals surface area contributed by atoms with Crippen LogP contribution in [0.3, 0.4) is 0 Å². The number of nitrogens with one attached hydrogen (secondary N) is 2. The van der Waals surface area contributed by atoms with Crippen molar-refractivity contribution in [3.8, 4) is 0 Å². The molecule has 2 rings (SSSR count). The summed E-state index contributed by atoms with van der Waals surface area (Å²) in [5, 5.41) is 9.41. The Balaban J connectivity index is 0.00000180. The van der Waals surface area contributed by atoms with Gasteiger partial charge in [0.25, 0.3) is 0 Å². The van der Waals surface area contributed by atoms with Crippen molar-refractivity contribution in [2.45, 2.75) is 39.2 Å². The van der Waals surface area contributed by atoms with Crippen LogP contribution in [0.4, 0.5) is 0 Å². The summed E-state index contributed by atoms with van der Waals surface area (Å²) in [6.07, 6.45) is 4.69. The highest BCUT2D eigenvalue weighted by Crippen LogP contribution is 2.28. The molecule has 2 heterocycles. The van der Waals surface area contributed by atoms with Crippen molar-refractivity contribution in [2.75, 3.05) is 13.1 Å². The van der Waals surface area contributed by atoms with Gasteiger partial charge in [-0.25, -0.2) is 4.98 Å². The van der Waals surface area contributed by atoms with Crippen molar-refractivity contribution in [1.29, 1.82) is 0 Å². The summed E-state index contributed by atoms with van der Waals surface area (Å²) >= 11 is 1.60. The van der Waals surface area contributed by atoms with E-state index in [1.165, 1.54) is 0 Å². The number of thiazole rings is 1. The van der Waals surface area contributed by atoms with Gasteiger partial charge in [0.05, 0.1) is 11.5 Å². The first kappa shape index (κ1) is 19.6. The standard InChI is InChI=1S/C13H21N3OS.2ClH/c1-3-10(11-15-7-8-18-11)16-12(17)13(2)5-4-6-14-9-13;;/h7-8,10,14H,3-6,9H2,1-2H3,(H,16,17);2*1H. The second-order valence-corrected chi connectivity index (χ2v) is 6.07. The van der Waals surface area contributed by atoms with Gasteiger partial charge in [-0.05, 0) is 32.7 Å². The van der Waals surface area contributed by atoms with Crippen LogP contribution in [0.15, 0.2) is 11.6 Å². The van der Waals surface area contributed by atoms with E-state index in [4.69, 9.17) is 0 Å². The topological polar surface area (TPSA) is 54.0 Å². The highest BCUT2D eigenvalue weighted by Gasteiger charge is 2.35. The maximum absolute atomic E-state index is 12.4. The molecule has 4 nitrogen and oxygen atoms in total. The van der Waals surface area contributed by atoms with E-state index in [1.54, 1.807) is 17.5 Å². The van der Waals surface area contributed by atoms with Crippen molar-refractivity contribution >= 4 is 42.1 Å². The van der Waals surface area contributed by atoms with Crippen LogP contribution in [-0.2, 0) is 4.79 Å². The van der Waals surface area contributed by atoms with Gasteiger partial charge in [0.1, 0.15) is 5.01 Å². The predicted molar refractivity (Wildman–Crippen MR) is 88.0 cm³/mol. The Kier molecular flexibility index (Phi) is 8.66. The van der Waals surface area contributed by atoms with Crippen LogP contribution in [0, 0.1) is 5.41 Å². The van der Waals surface area contributed by atoms with Crippen molar-refractivity contribution in [1.82, 2.24) is 15.6 Å². The van der Waals surface area contributed by atoms with Gasteiger partial charge in [0, 0.05) is 18.1 Å². The minimum Gasteiger partial charge on any atom is -0.346 e. The van der Waals surface area contributed by atoms with Crippen molar-refractivity contribution < 1.29 is 4.79 Å². The van der Waals surface area contributed by atoms with Gasteiger partial charge in [-0.2, -0.15) is 0 Å². The van der Waals surface area contributed by atoms with E-state index in [9.17, 15) is 4.79 Å². The minimum absolute atomic E-state index is 0. The molecule has 1 saturated heterocycles. The fraction of sp³-hybridized carbons (Fsp3) is 0.692. The zero-order chi connectivity index (χ0) is 13.0. The molecule has 2 atom stereocenters. The summed E-state index contributed by atoms with van der Waals surface area (Å²) in [6.45, 7) is 5.91. The fourth-order valence-electron chi connectivity index (χ4n) is 2.33. The molecule has 0 bridgehead atoms. The van der Waals surface area contributed by atoms with Gasteiger partial charge < -0.3 is 10.6 Å². The van der Waals surface area contributed by atoms with E-state index in [1.807, 2.05) is 12.3 Å².